The highest BCUT2D eigenvalue weighted by Crippen LogP contribution is 2.22. The van der Waals surface area contributed by atoms with Gasteiger partial charge in [0.25, 0.3) is 0 Å². The number of piperazine rings is 1. The van der Waals surface area contributed by atoms with Crippen LogP contribution in [0.25, 0.3) is 11.4 Å². The zero-order valence-corrected chi connectivity index (χ0v) is 19.2. The Labute approximate surface area is 188 Å². The van der Waals surface area contributed by atoms with Crippen molar-refractivity contribution in [2.24, 2.45) is 0 Å². The Morgan fingerprint density at radius 1 is 1.00 bits per heavy atom. The molecular weight excluding hydrogens is 428 g/mol. The van der Waals surface area contributed by atoms with Crippen LogP contribution in [0.15, 0.2) is 57.9 Å². The summed E-state index contributed by atoms with van der Waals surface area (Å²) in [7, 11) is -1.86. The van der Waals surface area contributed by atoms with Gasteiger partial charge in [0.15, 0.2) is 0 Å². The molecule has 0 aliphatic carbocycles. The molecule has 0 N–H and O–H groups in total. The quantitative estimate of drug-likeness (QED) is 0.514. The smallest absolute Gasteiger partial charge is 0.243 e. The molecule has 1 fully saturated rings. The van der Waals surface area contributed by atoms with Crippen molar-refractivity contribution in [1.29, 1.82) is 0 Å². The van der Waals surface area contributed by atoms with Crippen molar-refractivity contribution in [2.45, 2.75) is 31.2 Å². The van der Waals surface area contributed by atoms with E-state index in [-0.39, 0.29) is 0 Å². The van der Waals surface area contributed by atoms with Crippen LogP contribution >= 0.6 is 0 Å². The standard InChI is InChI=1S/C23H28N4O4S/c1-3-4-18-5-11-21(12-6-18)32(28,29)27-15-13-26(14-16-27)17-22-24-23(25-31-22)19-7-9-20(30-2)10-8-19/h5-12H,3-4,13-17H2,1-2H3. The second-order valence-corrected chi connectivity index (χ2v) is 9.75. The molecule has 9 heteroatoms. The number of rotatable bonds is 8. The summed E-state index contributed by atoms with van der Waals surface area (Å²) in [6.07, 6.45) is 1.99. The largest absolute Gasteiger partial charge is 0.497 e. The third kappa shape index (κ3) is 5.01. The maximum atomic E-state index is 13.0. The lowest BCUT2D eigenvalue weighted by Crippen LogP contribution is -2.48. The van der Waals surface area contributed by atoms with Gasteiger partial charge in [0.05, 0.1) is 18.6 Å². The van der Waals surface area contributed by atoms with Crippen LogP contribution in [0.4, 0.5) is 0 Å². The predicted octanol–water partition coefficient (Wildman–Crippen LogP) is 3.20. The third-order valence-electron chi connectivity index (χ3n) is 5.61. The van der Waals surface area contributed by atoms with Crippen LogP contribution in [0, 0.1) is 0 Å². The molecule has 0 radical (unpaired) electrons. The van der Waals surface area contributed by atoms with Gasteiger partial charge in [-0.15, -0.1) is 0 Å². The molecule has 4 rings (SSSR count). The number of ether oxygens (including phenoxy) is 1. The van der Waals surface area contributed by atoms with E-state index in [1.807, 2.05) is 36.4 Å². The Morgan fingerprint density at radius 3 is 2.31 bits per heavy atom. The van der Waals surface area contributed by atoms with Gasteiger partial charge in [-0.2, -0.15) is 9.29 Å². The molecule has 32 heavy (non-hydrogen) atoms. The fraction of sp³-hybridized carbons (Fsp3) is 0.391. The van der Waals surface area contributed by atoms with Crippen LogP contribution < -0.4 is 4.74 Å². The summed E-state index contributed by atoms with van der Waals surface area (Å²) in [6, 6.07) is 14.7. The van der Waals surface area contributed by atoms with Gasteiger partial charge in [0.1, 0.15) is 5.75 Å². The lowest BCUT2D eigenvalue weighted by atomic mass is 10.1. The summed E-state index contributed by atoms with van der Waals surface area (Å²) in [5, 5.41) is 4.06. The molecule has 0 spiro atoms. The van der Waals surface area contributed by atoms with E-state index >= 15 is 0 Å². The maximum Gasteiger partial charge on any atom is 0.243 e. The first-order valence-corrected chi connectivity index (χ1v) is 12.2. The topological polar surface area (TPSA) is 88.8 Å². The molecule has 170 valence electrons. The van der Waals surface area contributed by atoms with Crippen molar-refractivity contribution in [3.63, 3.8) is 0 Å². The minimum absolute atomic E-state index is 0.354. The van der Waals surface area contributed by atoms with Gasteiger partial charge in [-0.1, -0.05) is 30.6 Å². The van der Waals surface area contributed by atoms with Crippen molar-refractivity contribution in [2.75, 3.05) is 33.3 Å². The number of aromatic nitrogens is 2. The van der Waals surface area contributed by atoms with Crippen LogP contribution in [-0.2, 0) is 23.0 Å². The van der Waals surface area contributed by atoms with Crippen LogP contribution in [-0.4, -0.2) is 61.1 Å². The zero-order valence-electron chi connectivity index (χ0n) is 18.4. The second kappa shape index (κ2) is 9.81. The Morgan fingerprint density at radius 2 is 1.69 bits per heavy atom. The number of sulfonamides is 1. The highest BCUT2D eigenvalue weighted by molar-refractivity contribution is 7.89. The number of aryl methyl sites for hydroxylation is 1. The Hall–Kier alpha value is -2.75. The van der Waals surface area contributed by atoms with Gasteiger partial charge in [0.2, 0.25) is 21.7 Å². The van der Waals surface area contributed by atoms with E-state index in [1.54, 1.807) is 23.5 Å². The summed E-state index contributed by atoms with van der Waals surface area (Å²) in [5.74, 6) is 1.80. The van der Waals surface area contributed by atoms with Crippen molar-refractivity contribution in [1.82, 2.24) is 19.3 Å². The molecule has 0 amide bonds. The highest BCUT2D eigenvalue weighted by Gasteiger charge is 2.29. The van der Waals surface area contributed by atoms with E-state index in [0.29, 0.717) is 49.3 Å². The molecule has 0 bridgehead atoms. The average Bonchev–Trinajstić information content (AvgIpc) is 3.28. The van der Waals surface area contributed by atoms with Gasteiger partial charge < -0.3 is 9.26 Å². The van der Waals surface area contributed by atoms with Crippen molar-refractivity contribution in [3.05, 3.63) is 60.0 Å². The van der Waals surface area contributed by atoms with Gasteiger partial charge in [-0.05, 0) is 48.4 Å². The number of hydrogen-bond acceptors (Lipinski definition) is 7. The summed E-state index contributed by atoms with van der Waals surface area (Å²) < 4.78 is 38.1. The number of benzene rings is 2. The first kappa shape index (κ1) is 22.4. The summed E-state index contributed by atoms with van der Waals surface area (Å²) in [6.45, 7) is 4.67. The van der Waals surface area contributed by atoms with Gasteiger partial charge in [-0.25, -0.2) is 8.42 Å². The Bertz CT molecular complexity index is 1120. The fourth-order valence-corrected chi connectivity index (χ4v) is 5.18. The van der Waals surface area contributed by atoms with E-state index < -0.39 is 10.0 Å². The lowest BCUT2D eigenvalue weighted by Gasteiger charge is -2.33. The first-order chi connectivity index (χ1) is 15.5. The van der Waals surface area contributed by atoms with Crippen LogP contribution in [0.2, 0.25) is 0 Å². The molecular formula is C23H28N4O4S. The van der Waals surface area contributed by atoms with Gasteiger partial charge in [0, 0.05) is 31.7 Å². The lowest BCUT2D eigenvalue weighted by molar-refractivity contribution is 0.163. The summed E-state index contributed by atoms with van der Waals surface area (Å²) >= 11 is 0. The summed E-state index contributed by atoms with van der Waals surface area (Å²) in [4.78, 5) is 6.96. The van der Waals surface area contributed by atoms with Crippen LogP contribution in [0.5, 0.6) is 5.75 Å². The molecule has 1 aromatic heterocycles. The van der Waals surface area contributed by atoms with E-state index in [1.165, 1.54) is 0 Å². The molecule has 2 heterocycles. The number of methoxy groups -OCH3 is 1. The molecule has 1 saturated heterocycles. The van der Waals surface area contributed by atoms with Crippen molar-refractivity contribution >= 4 is 10.0 Å². The predicted molar refractivity (Wildman–Crippen MR) is 121 cm³/mol. The monoisotopic (exact) mass is 456 g/mol. The Kier molecular flexibility index (Phi) is 6.88. The molecule has 3 aromatic rings. The number of nitrogens with zero attached hydrogens (tertiary/aromatic N) is 4. The zero-order chi connectivity index (χ0) is 22.6. The highest BCUT2D eigenvalue weighted by atomic mass is 32.2. The van der Waals surface area contributed by atoms with Crippen molar-refractivity contribution < 1.29 is 17.7 Å². The van der Waals surface area contributed by atoms with E-state index in [0.717, 1.165) is 29.7 Å². The molecule has 8 nitrogen and oxygen atoms in total. The van der Waals surface area contributed by atoms with Gasteiger partial charge >= 0.3 is 0 Å². The maximum absolute atomic E-state index is 13.0. The Balaban J connectivity index is 1.34. The fourth-order valence-electron chi connectivity index (χ4n) is 3.76. The normalized spacial score (nSPS) is 15.7. The van der Waals surface area contributed by atoms with E-state index in [9.17, 15) is 8.42 Å². The second-order valence-electron chi connectivity index (χ2n) is 7.81. The van der Waals surface area contributed by atoms with Gasteiger partial charge in [-0.3, -0.25) is 4.90 Å². The van der Waals surface area contributed by atoms with Crippen LogP contribution in [0.3, 0.4) is 0 Å². The minimum atomic E-state index is -3.48. The third-order valence-corrected chi connectivity index (χ3v) is 7.52. The SMILES string of the molecule is CCCc1ccc(S(=O)(=O)N2CCN(Cc3nc(-c4ccc(OC)cc4)no3)CC2)cc1. The van der Waals surface area contributed by atoms with Crippen LogP contribution in [0.1, 0.15) is 24.8 Å². The first-order valence-electron chi connectivity index (χ1n) is 10.8. The van der Waals surface area contributed by atoms with Crippen molar-refractivity contribution in [3.8, 4) is 17.1 Å². The van der Waals surface area contributed by atoms with E-state index in [4.69, 9.17) is 9.26 Å². The molecule has 1 aliphatic heterocycles. The molecule has 0 atom stereocenters. The van der Waals surface area contributed by atoms with E-state index in [2.05, 4.69) is 22.0 Å². The summed E-state index contributed by atoms with van der Waals surface area (Å²) in [5.41, 5.74) is 2.01. The minimum Gasteiger partial charge on any atom is -0.497 e. The molecule has 0 saturated carbocycles. The molecule has 0 unspecified atom stereocenters. The molecule has 2 aromatic carbocycles. The molecule has 1 aliphatic rings. The average molecular weight is 457 g/mol. The number of hydrogen-bond donors (Lipinski definition) is 0.